The molecule has 0 radical (unpaired) electrons. The first-order valence-corrected chi connectivity index (χ1v) is 5.40. The zero-order valence-corrected chi connectivity index (χ0v) is 10.0. The van der Waals surface area contributed by atoms with Gasteiger partial charge in [0.2, 0.25) is 5.60 Å². The van der Waals surface area contributed by atoms with Crippen LogP contribution in [-0.2, 0) is 4.74 Å². The van der Waals surface area contributed by atoms with E-state index in [-0.39, 0.29) is 5.56 Å². The normalized spacial score (nSPS) is 26.0. The SMILES string of the molecule is C#C[C@]1(CO)O[C@@H](n2cc(C)c(=O)[nH]c2=O)C=C1F. The molecule has 0 aromatic carbocycles. The van der Waals surface area contributed by atoms with Crippen LogP contribution in [0.4, 0.5) is 4.39 Å². The lowest BCUT2D eigenvalue weighted by Crippen LogP contribution is -2.37. The van der Waals surface area contributed by atoms with Crippen molar-refractivity contribution in [3.05, 3.63) is 44.5 Å². The molecule has 2 rings (SSSR count). The van der Waals surface area contributed by atoms with E-state index in [0.717, 1.165) is 10.6 Å². The molecule has 2 heterocycles. The Bertz CT molecular complexity index is 697. The summed E-state index contributed by atoms with van der Waals surface area (Å²) in [5.41, 5.74) is -2.91. The van der Waals surface area contributed by atoms with Gasteiger partial charge in [-0.1, -0.05) is 5.92 Å². The molecular weight excluding hydrogens is 255 g/mol. The van der Waals surface area contributed by atoms with E-state index in [1.165, 1.54) is 13.1 Å². The number of hydrogen-bond donors (Lipinski definition) is 2. The van der Waals surface area contributed by atoms with E-state index in [1.807, 2.05) is 5.92 Å². The predicted octanol–water partition coefficient (Wildman–Crippen LogP) is -0.408. The number of terminal acetylenes is 1. The van der Waals surface area contributed by atoms with Gasteiger partial charge in [0, 0.05) is 17.8 Å². The number of rotatable bonds is 2. The molecule has 6 nitrogen and oxygen atoms in total. The third kappa shape index (κ3) is 2.01. The fourth-order valence-corrected chi connectivity index (χ4v) is 1.73. The number of aromatic nitrogens is 2. The van der Waals surface area contributed by atoms with Gasteiger partial charge in [-0.25, -0.2) is 9.18 Å². The summed E-state index contributed by atoms with van der Waals surface area (Å²) >= 11 is 0. The minimum Gasteiger partial charge on any atom is -0.392 e. The number of H-pyrrole nitrogens is 1. The standard InChI is InChI=1S/C12H11FN2O4/c1-3-12(6-16)8(13)4-9(19-12)15-5-7(2)10(17)14-11(15)18/h1,4-5,9,16H,6H2,2H3,(H,14,17,18)/t9-,12-/m1/s1. The fourth-order valence-electron chi connectivity index (χ4n) is 1.73. The largest absolute Gasteiger partial charge is 0.392 e. The van der Waals surface area contributed by atoms with Gasteiger partial charge in [0.15, 0.2) is 6.23 Å². The van der Waals surface area contributed by atoms with Crippen LogP contribution in [-0.4, -0.2) is 26.9 Å². The van der Waals surface area contributed by atoms with Crippen molar-refractivity contribution in [1.82, 2.24) is 9.55 Å². The Morgan fingerprint density at radius 2 is 2.37 bits per heavy atom. The van der Waals surface area contributed by atoms with Gasteiger partial charge < -0.3 is 9.84 Å². The molecule has 2 N–H and O–H groups in total. The molecule has 0 spiro atoms. The Kier molecular flexibility index (Phi) is 3.14. The van der Waals surface area contributed by atoms with Crippen LogP contribution in [0.5, 0.6) is 0 Å². The second-order valence-electron chi connectivity index (χ2n) is 4.13. The molecule has 2 atom stereocenters. The smallest absolute Gasteiger partial charge is 0.330 e. The van der Waals surface area contributed by atoms with Gasteiger partial charge in [-0.05, 0) is 6.92 Å². The molecule has 1 aliphatic rings. The molecule has 100 valence electrons. The molecular formula is C12H11FN2O4. The van der Waals surface area contributed by atoms with Gasteiger partial charge in [0.05, 0.1) is 6.61 Å². The first kappa shape index (κ1) is 13.3. The summed E-state index contributed by atoms with van der Waals surface area (Å²) in [6.45, 7) is 0.740. The van der Waals surface area contributed by atoms with Crippen molar-refractivity contribution in [3.63, 3.8) is 0 Å². The Hall–Kier alpha value is -2.17. The second kappa shape index (κ2) is 4.50. The van der Waals surface area contributed by atoms with Crippen LogP contribution < -0.4 is 11.2 Å². The summed E-state index contributed by atoms with van der Waals surface area (Å²) in [4.78, 5) is 24.9. The van der Waals surface area contributed by atoms with E-state index in [1.54, 1.807) is 0 Å². The van der Waals surface area contributed by atoms with E-state index in [4.69, 9.17) is 16.3 Å². The third-order valence-corrected chi connectivity index (χ3v) is 2.87. The van der Waals surface area contributed by atoms with Crippen LogP contribution >= 0.6 is 0 Å². The Morgan fingerprint density at radius 1 is 1.68 bits per heavy atom. The maximum atomic E-state index is 13.7. The van der Waals surface area contributed by atoms with E-state index in [9.17, 15) is 14.0 Å². The van der Waals surface area contributed by atoms with Crippen LogP contribution in [0, 0.1) is 19.3 Å². The highest BCUT2D eigenvalue weighted by atomic mass is 19.1. The van der Waals surface area contributed by atoms with E-state index < -0.39 is 35.5 Å². The van der Waals surface area contributed by atoms with Crippen molar-refractivity contribution in [1.29, 1.82) is 0 Å². The van der Waals surface area contributed by atoms with Crippen molar-refractivity contribution in [2.45, 2.75) is 18.8 Å². The zero-order chi connectivity index (χ0) is 14.2. The average Bonchev–Trinajstić information content (AvgIpc) is 2.71. The molecule has 1 aromatic rings. The monoisotopic (exact) mass is 266 g/mol. The fraction of sp³-hybridized carbons (Fsp3) is 0.333. The molecule has 0 saturated carbocycles. The number of nitrogens with one attached hydrogen (secondary N) is 1. The summed E-state index contributed by atoms with van der Waals surface area (Å²) in [6.07, 6.45) is 6.24. The minimum absolute atomic E-state index is 0.263. The molecule has 1 aliphatic heterocycles. The van der Waals surface area contributed by atoms with Crippen molar-refractivity contribution in [2.24, 2.45) is 0 Å². The topological polar surface area (TPSA) is 84.3 Å². The average molecular weight is 266 g/mol. The van der Waals surface area contributed by atoms with Gasteiger partial charge in [-0.3, -0.25) is 14.3 Å². The number of halogens is 1. The van der Waals surface area contributed by atoms with Gasteiger partial charge in [-0.15, -0.1) is 6.42 Å². The predicted molar refractivity (Wildman–Crippen MR) is 64.0 cm³/mol. The zero-order valence-electron chi connectivity index (χ0n) is 10.0. The lowest BCUT2D eigenvalue weighted by atomic mass is 10.1. The van der Waals surface area contributed by atoms with Gasteiger partial charge in [-0.2, -0.15) is 0 Å². The highest BCUT2D eigenvalue weighted by Crippen LogP contribution is 2.35. The van der Waals surface area contributed by atoms with Crippen LogP contribution in [0.1, 0.15) is 11.8 Å². The second-order valence-corrected chi connectivity index (χ2v) is 4.13. The van der Waals surface area contributed by atoms with Crippen molar-refractivity contribution >= 4 is 0 Å². The number of aromatic amines is 1. The number of aryl methyl sites for hydroxylation is 1. The van der Waals surface area contributed by atoms with Gasteiger partial charge >= 0.3 is 5.69 Å². The van der Waals surface area contributed by atoms with Crippen LogP contribution in [0.25, 0.3) is 0 Å². The van der Waals surface area contributed by atoms with E-state index in [0.29, 0.717) is 0 Å². The lowest BCUT2D eigenvalue weighted by Gasteiger charge is -2.22. The van der Waals surface area contributed by atoms with Crippen LogP contribution in [0.2, 0.25) is 0 Å². The lowest BCUT2D eigenvalue weighted by molar-refractivity contribution is -0.0616. The molecule has 0 aliphatic carbocycles. The highest BCUT2D eigenvalue weighted by molar-refractivity contribution is 5.30. The first-order valence-electron chi connectivity index (χ1n) is 5.40. The Morgan fingerprint density at radius 3 is 2.89 bits per heavy atom. The summed E-state index contributed by atoms with van der Waals surface area (Å²) in [5, 5.41) is 9.13. The van der Waals surface area contributed by atoms with E-state index in [2.05, 4.69) is 4.98 Å². The molecule has 1 aromatic heterocycles. The van der Waals surface area contributed by atoms with Gasteiger partial charge in [0.25, 0.3) is 5.56 Å². The summed E-state index contributed by atoms with van der Waals surface area (Å²) in [6, 6.07) is 0. The van der Waals surface area contributed by atoms with Crippen molar-refractivity contribution in [3.8, 4) is 12.3 Å². The summed E-state index contributed by atoms with van der Waals surface area (Å²) in [7, 11) is 0. The molecule has 0 amide bonds. The van der Waals surface area contributed by atoms with Crippen molar-refractivity contribution in [2.75, 3.05) is 6.61 Å². The molecule has 0 saturated heterocycles. The summed E-state index contributed by atoms with van der Waals surface area (Å²) < 4.78 is 19.9. The number of ether oxygens (including phenoxy) is 1. The van der Waals surface area contributed by atoms with Crippen molar-refractivity contribution < 1.29 is 14.2 Å². The quantitative estimate of drug-likeness (QED) is 0.713. The molecule has 0 fully saturated rings. The molecule has 19 heavy (non-hydrogen) atoms. The molecule has 0 unspecified atom stereocenters. The molecule has 0 bridgehead atoms. The maximum absolute atomic E-state index is 13.7. The van der Waals surface area contributed by atoms with Crippen LogP contribution in [0.3, 0.4) is 0 Å². The first-order chi connectivity index (χ1) is 8.93. The van der Waals surface area contributed by atoms with Crippen LogP contribution in [0.15, 0.2) is 27.7 Å². The Labute approximate surface area is 107 Å². The number of nitrogens with zero attached hydrogens (tertiary/aromatic N) is 1. The van der Waals surface area contributed by atoms with E-state index >= 15 is 0 Å². The molecule has 7 heteroatoms. The summed E-state index contributed by atoms with van der Waals surface area (Å²) in [5.74, 6) is 1.17. The number of aliphatic hydroxyl groups excluding tert-OH is 1. The Balaban J connectivity index is 2.48. The number of hydrogen-bond acceptors (Lipinski definition) is 4. The number of aliphatic hydroxyl groups is 1. The minimum atomic E-state index is -1.88. The maximum Gasteiger partial charge on any atom is 0.330 e. The highest BCUT2D eigenvalue weighted by Gasteiger charge is 2.42. The third-order valence-electron chi connectivity index (χ3n) is 2.87. The van der Waals surface area contributed by atoms with Gasteiger partial charge in [0.1, 0.15) is 5.83 Å².